The molecule has 2 aromatic carbocycles. The highest BCUT2D eigenvalue weighted by atomic mass is 32.2. The monoisotopic (exact) mass is 443 g/mol. The fraction of sp³-hybridized carbons (Fsp3) is 0.143. The van der Waals surface area contributed by atoms with Crippen molar-refractivity contribution >= 4 is 21.4 Å². The van der Waals surface area contributed by atoms with Crippen molar-refractivity contribution < 1.29 is 17.3 Å². The first-order valence-corrected chi connectivity index (χ1v) is 11.4. The number of nitrogens with zero attached hydrogens (tertiary/aromatic N) is 2. The van der Waals surface area contributed by atoms with Crippen LogP contribution in [0.1, 0.15) is 16.0 Å². The van der Waals surface area contributed by atoms with Gasteiger partial charge in [0.25, 0.3) is 5.89 Å². The van der Waals surface area contributed by atoms with Crippen LogP contribution >= 0.6 is 11.3 Å². The number of aryl methyl sites for hydroxylation is 2. The maximum atomic E-state index is 13.1. The van der Waals surface area contributed by atoms with E-state index in [1.807, 2.05) is 31.2 Å². The van der Waals surface area contributed by atoms with Gasteiger partial charge in [-0.25, -0.2) is 17.5 Å². The minimum atomic E-state index is -3.71. The normalized spacial score (nSPS) is 11.7. The Morgan fingerprint density at radius 3 is 2.57 bits per heavy atom. The maximum absolute atomic E-state index is 13.1. The van der Waals surface area contributed by atoms with Crippen molar-refractivity contribution in [2.24, 2.45) is 0 Å². The molecule has 0 atom stereocenters. The molecule has 0 amide bonds. The molecule has 2 aromatic heterocycles. The van der Waals surface area contributed by atoms with Gasteiger partial charge in [-0.2, -0.15) is 4.98 Å². The predicted octanol–water partition coefficient (Wildman–Crippen LogP) is 4.70. The van der Waals surface area contributed by atoms with Gasteiger partial charge in [0, 0.05) is 17.0 Å². The highest BCUT2D eigenvalue weighted by Crippen LogP contribution is 2.33. The van der Waals surface area contributed by atoms with E-state index in [2.05, 4.69) is 14.9 Å². The molecule has 0 saturated carbocycles. The molecule has 0 aliphatic rings. The van der Waals surface area contributed by atoms with Crippen LogP contribution in [-0.4, -0.2) is 18.6 Å². The third-order valence-corrected chi connectivity index (χ3v) is 7.31. The van der Waals surface area contributed by atoms with Crippen LogP contribution in [0.3, 0.4) is 0 Å². The number of sulfonamides is 1. The van der Waals surface area contributed by atoms with Crippen LogP contribution in [0, 0.1) is 19.7 Å². The molecular formula is C21H18FN3O3S2. The molecule has 9 heteroatoms. The molecule has 0 radical (unpaired) electrons. The van der Waals surface area contributed by atoms with Crippen LogP contribution in [0.15, 0.2) is 64.0 Å². The first-order chi connectivity index (χ1) is 14.3. The van der Waals surface area contributed by atoms with Gasteiger partial charge in [0.05, 0.1) is 9.77 Å². The van der Waals surface area contributed by atoms with Gasteiger partial charge < -0.3 is 4.52 Å². The van der Waals surface area contributed by atoms with Crippen LogP contribution in [0.2, 0.25) is 0 Å². The van der Waals surface area contributed by atoms with E-state index in [-0.39, 0.29) is 23.1 Å². The van der Waals surface area contributed by atoms with Gasteiger partial charge in [0.15, 0.2) is 0 Å². The van der Waals surface area contributed by atoms with Crippen molar-refractivity contribution in [1.82, 2.24) is 14.9 Å². The van der Waals surface area contributed by atoms with Crippen LogP contribution in [0.5, 0.6) is 0 Å². The van der Waals surface area contributed by atoms with Crippen LogP contribution in [-0.2, 0) is 16.6 Å². The summed E-state index contributed by atoms with van der Waals surface area (Å²) in [5.41, 5.74) is 2.53. The molecule has 1 N–H and O–H groups in total. The van der Waals surface area contributed by atoms with Gasteiger partial charge in [0.2, 0.25) is 15.8 Å². The summed E-state index contributed by atoms with van der Waals surface area (Å²) in [5.74, 6) is 0.158. The number of thiophene rings is 1. The van der Waals surface area contributed by atoms with Crippen LogP contribution < -0.4 is 4.72 Å². The zero-order valence-electron chi connectivity index (χ0n) is 16.2. The van der Waals surface area contributed by atoms with Gasteiger partial charge in [-0.15, -0.1) is 11.3 Å². The third-order valence-electron chi connectivity index (χ3n) is 4.61. The van der Waals surface area contributed by atoms with Crippen molar-refractivity contribution in [2.75, 3.05) is 0 Å². The lowest BCUT2D eigenvalue weighted by molar-refractivity contribution is 0.433. The molecule has 6 nitrogen and oxygen atoms in total. The van der Waals surface area contributed by atoms with Gasteiger partial charge >= 0.3 is 0 Å². The number of hydrogen-bond acceptors (Lipinski definition) is 6. The summed E-state index contributed by atoms with van der Waals surface area (Å²) in [6, 6.07) is 14.9. The Labute approximate surface area is 177 Å². The molecule has 0 saturated heterocycles. The van der Waals surface area contributed by atoms with E-state index in [4.69, 9.17) is 4.52 Å². The second-order valence-corrected chi connectivity index (χ2v) is 9.70. The Kier molecular flexibility index (Phi) is 5.50. The zero-order chi connectivity index (χ0) is 21.3. The lowest BCUT2D eigenvalue weighted by Crippen LogP contribution is -2.23. The third kappa shape index (κ3) is 4.18. The maximum Gasteiger partial charge on any atom is 0.268 e. The number of rotatable bonds is 6. The molecule has 4 rings (SSSR count). The fourth-order valence-electron chi connectivity index (χ4n) is 2.94. The molecular weight excluding hydrogens is 425 g/mol. The highest BCUT2D eigenvalue weighted by molar-refractivity contribution is 7.89. The zero-order valence-corrected chi connectivity index (χ0v) is 17.8. The Balaban J connectivity index is 1.57. The van der Waals surface area contributed by atoms with Gasteiger partial charge in [-0.05, 0) is 55.3 Å². The number of halogens is 1. The SMILES string of the molecule is Cc1ccccc1CNS(=O)(=O)c1cc(-c2nc(-c3ccc(F)cc3)no2)sc1C. The molecule has 4 aromatic rings. The summed E-state index contributed by atoms with van der Waals surface area (Å²) in [5, 5.41) is 3.91. The van der Waals surface area contributed by atoms with Crippen LogP contribution in [0.4, 0.5) is 4.39 Å². The quantitative estimate of drug-likeness (QED) is 0.467. The lowest BCUT2D eigenvalue weighted by atomic mass is 10.1. The number of nitrogens with one attached hydrogen (secondary N) is 1. The van der Waals surface area contributed by atoms with E-state index in [0.717, 1.165) is 11.1 Å². The van der Waals surface area contributed by atoms with Crippen molar-refractivity contribution in [2.45, 2.75) is 25.3 Å². The number of hydrogen-bond donors (Lipinski definition) is 1. The Hall–Kier alpha value is -2.88. The molecule has 0 bridgehead atoms. The molecule has 0 aliphatic carbocycles. The minimum absolute atomic E-state index is 0.178. The average Bonchev–Trinajstić information content (AvgIpc) is 3.35. The molecule has 0 aliphatic heterocycles. The topological polar surface area (TPSA) is 85.1 Å². The van der Waals surface area contributed by atoms with Crippen molar-refractivity contribution in [3.63, 3.8) is 0 Å². The summed E-state index contributed by atoms with van der Waals surface area (Å²) in [7, 11) is -3.71. The molecule has 154 valence electrons. The fourth-order valence-corrected chi connectivity index (χ4v) is 5.45. The summed E-state index contributed by atoms with van der Waals surface area (Å²) in [4.78, 5) is 5.66. The van der Waals surface area contributed by atoms with E-state index >= 15 is 0 Å². The molecule has 2 heterocycles. The van der Waals surface area contributed by atoms with E-state index in [0.29, 0.717) is 21.1 Å². The standard InChI is InChI=1S/C21H18FN3O3S2/c1-13-5-3-4-6-16(13)12-23-30(26,27)19-11-18(29-14(19)2)21-24-20(25-28-21)15-7-9-17(22)10-8-15/h3-11,23H,12H2,1-2H3. The first-order valence-electron chi connectivity index (χ1n) is 9.08. The highest BCUT2D eigenvalue weighted by Gasteiger charge is 2.23. The van der Waals surface area contributed by atoms with Crippen LogP contribution in [0.25, 0.3) is 22.2 Å². The van der Waals surface area contributed by atoms with E-state index in [1.54, 1.807) is 19.1 Å². The first kappa shape index (κ1) is 20.4. The summed E-state index contributed by atoms with van der Waals surface area (Å²) in [6.45, 7) is 3.87. The van der Waals surface area contributed by atoms with Gasteiger partial charge in [-0.3, -0.25) is 0 Å². The predicted molar refractivity (Wildman–Crippen MR) is 113 cm³/mol. The molecule has 30 heavy (non-hydrogen) atoms. The van der Waals surface area contributed by atoms with Gasteiger partial charge in [-0.1, -0.05) is 29.4 Å². The lowest BCUT2D eigenvalue weighted by Gasteiger charge is -2.08. The largest absolute Gasteiger partial charge is 0.333 e. The van der Waals surface area contributed by atoms with E-state index in [1.165, 1.54) is 29.5 Å². The summed E-state index contributed by atoms with van der Waals surface area (Å²) < 4.78 is 46.7. The van der Waals surface area contributed by atoms with Crippen molar-refractivity contribution in [3.05, 3.63) is 76.4 Å². The Morgan fingerprint density at radius 2 is 1.83 bits per heavy atom. The second-order valence-electron chi connectivity index (χ2n) is 6.71. The number of benzene rings is 2. The molecule has 0 fully saturated rings. The Morgan fingerprint density at radius 1 is 1.10 bits per heavy atom. The van der Waals surface area contributed by atoms with E-state index in [9.17, 15) is 12.8 Å². The number of aromatic nitrogens is 2. The molecule has 0 spiro atoms. The minimum Gasteiger partial charge on any atom is -0.333 e. The second kappa shape index (κ2) is 8.10. The van der Waals surface area contributed by atoms with E-state index < -0.39 is 10.0 Å². The molecule has 0 unspecified atom stereocenters. The summed E-state index contributed by atoms with van der Waals surface area (Å²) in [6.07, 6.45) is 0. The van der Waals surface area contributed by atoms with Crippen molar-refractivity contribution in [1.29, 1.82) is 0 Å². The Bertz CT molecular complexity index is 1300. The summed E-state index contributed by atoms with van der Waals surface area (Å²) >= 11 is 1.25. The van der Waals surface area contributed by atoms with Gasteiger partial charge in [0.1, 0.15) is 5.82 Å². The average molecular weight is 444 g/mol. The smallest absolute Gasteiger partial charge is 0.268 e. The van der Waals surface area contributed by atoms with Crippen molar-refractivity contribution in [3.8, 4) is 22.2 Å².